The van der Waals surface area contributed by atoms with Crippen molar-refractivity contribution in [2.75, 3.05) is 5.32 Å². The number of nitrogens with one attached hydrogen (secondary N) is 2. The lowest BCUT2D eigenvalue weighted by atomic mass is 10.2. The summed E-state index contributed by atoms with van der Waals surface area (Å²) >= 11 is 1.26. The van der Waals surface area contributed by atoms with Gasteiger partial charge in [-0.15, -0.1) is 11.3 Å². The first-order chi connectivity index (χ1) is 12.6. The van der Waals surface area contributed by atoms with Gasteiger partial charge < -0.3 is 10.6 Å². The van der Waals surface area contributed by atoms with Crippen LogP contribution in [-0.2, 0) is 17.8 Å². The van der Waals surface area contributed by atoms with Crippen molar-refractivity contribution in [3.63, 3.8) is 0 Å². The summed E-state index contributed by atoms with van der Waals surface area (Å²) in [6.07, 6.45) is 0.145. The molecule has 0 spiro atoms. The molecule has 0 aliphatic heterocycles. The van der Waals surface area contributed by atoms with Crippen LogP contribution in [0.1, 0.15) is 25.9 Å². The van der Waals surface area contributed by atoms with Crippen molar-refractivity contribution in [1.82, 2.24) is 10.3 Å². The van der Waals surface area contributed by atoms with E-state index in [4.69, 9.17) is 0 Å². The molecule has 0 aliphatic rings. The molecule has 0 atom stereocenters. The van der Waals surface area contributed by atoms with Crippen molar-refractivity contribution in [2.24, 2.45) is 0 Å². The molecule has 0 saturated carbocycles. The van der Waals surface area contributed by atoms with Crippen LogP contribution in [0.15, 0.2) is 60.7 Å². The van der Waals surface area contributed by atoms with Gasteiger partial charge >= 0.3 is 0 Å². The van der Waals surface area contributed by atoms with Crippen molar-refractivity contribution in [2.45, 2.75) is 19.9 Å². The predicted molar refractivity (Wildman–Crippen MR) is 103 cm³/mol. The molecule has 1 aromatic heterocycles. The summed E-state index contributed by atoms with van der Waals surface area (Å²) in [5.41, 5.74) is 2.42. The van der Waals surface area contributed by atoms with Crippen molar-refractivity contribution in [3.05, 3.63) is 81.8 Å². The standard InChI is InChI=1S/C20H19N3O2S/c1-14-19(20(25)21-13-15-8-4-2-5-9-15)26-18(22-14)12-17(24)23-16-10-6-3-7-11-16/h2-11H,12-13H2,1H3,(H,21,25)(H,23,24). The second-order valence-corrected chi connectivity index (χ2v) is 6.87. The Kier molecular flexibility index (Phi) is 5.76. The second kappa shape index (κ2) is 8.40. The van der Waals surface area contributed by atoms with Gasteiger partial charge in [0.1, 0.15) is 9.88 Å². The van der Waals surface area contributed by atoms with E-state index in [2.05, 4.69) is 15.6 Å². The summed E-state index contributed by atoms with van der Waals surface area (Å²) in [4.78, 5) is 29.4. The van der Waals surface area contributed by atoms with E-state index in [-0.39, 0.29) is 18.2 Å². The maximum absolute atomic E-state index is 12.4. The predicted octanol–water partition coefficient (Wildman–Crippen LogP) is 3.56. The molecule has 6 heteroatoms. The summed E-state index contributed by atoms with van der Waals surface area (Å²) in [7, 11) is 0. The number of anilines is 1. The minimum Gasteiger partial charge on any atom is -0.347 e. The average Bonchev–Trinajstić information content (AvgIpc) is 3.01. The number of benzene rings is 2. The van der Waals surface area contributed by atoms with Crippen LogP contribution in [-0.4, -0.2) is 16.8 Å². The molecule has 0 radical (unpaired) electrons. The molecule has 1 heterocycles. The lowest BCUT2D eigenvalue weighted by molar-refractivity contribution is -0.115. The van der Waals surface area contributed by atoms with Crippen LogP contribution < -0.4 is 10.6 Å². The smallest absolute Gasteiger partial charge is 0.263 e. The summed E-state index contributed by atoms with van der Waals surface area (Å²) in [6.45, 7) is 2.24. The number of thiazole rings is 1. The Bertz CT molecular complexity index is 892. The SMILES string of the molecule is Cc1nc(CC(=O)Nc2ccccc2)sc1C(=O)NCc1ccccc1. The monoisotopic (exact) mass is 365 g/mol. The molecule has 26 heavy (non-hydrogen) atoms. The zero-order valence-corrected chi connectivity index (χ0v) is 15.2. The number of amides is 2. The minimum absolute atomic E-state index is 0.145. The number of aryl methyl sites for hydroxylation is 1. The highest BCUT2D eigenvalue weighted by Crippen LogP contribution is 2.19. The molecule has 0 fully saturated rings. The van der Waals surface area contributed by atoms with E-state index < -0.39 is 0 Å². The largest absolute Gasteiger partial charge is 0.347 e. The molecule has 3 rings (SSSR count). The van der Waals surface area contributed by atoms with Crippen LogP contribution in [0.5, 0.6) is 0 Å². The lowest BCUT2D eigenvalue weighted by Gasteiger charge is -2.04. The van der Waals surface area contributed by atoms with Crippen molar-refractivity contribution >= 4 is 28.8 Å². The summed E-state index contributed by atoms with van der Waals surface area (Å²) in [5, 5.41) is 6.34. The molecule has 2 amide bonds. The van der Waals surface area contributed by atoms with Crippen LogP contribution in [0.2, 0.25) is 0 Å². The van der Waals surface area contributed by atoms with Gasteiger partial charge in [0, 0.05) is 12.2 Å². The fraction of sp³-hybridized carbons (Fsp3) is 0.150. The zero-order chi connectivity index (χ0) is 18.4. The normalized spacial score (nSPS) is 10.3. The Balaban J connectivity index is 1.59. The van der Waals surface area contributed by atoms with Gasteiger partial charge in [-0.1, -0.05) is 48.5 Å². The van der Waals surface area contributed by atoms with E-state index in [0.717, 1.165) is 11.3 Å². The van der Waals surface area contributed by atoms with Gasteiger partial charge in [-0.3, -0.25) is 9.59 Å². The van der Waals surface area contributed by atoms with Gasteiger partial charge in [-0.25, -0.2) is 4.98 Å². The van der Waals surface area contributed by atoms with Gasteiger partial charge in [0.25, 0.3) is 5.91 Å². The molecule has 3 aromatic rings. The van der Waals surface area contributed by atoms with E-state index in [9.17, 15) is 9.59 Å². The quantitative estimate of drug-likeness (QED) is 0.702. The molecule has 0 aliphatic carbocycles. The summed E-state index contributed by atoms with van der Waals surface area (Å²) in [6, 6.07) is 19.0. The summed E-state index contributed by atoms with van der Waals surface area (Å²) < 4.78 is 0. The third-order valence-corrected chi connectivity index (χ3v) is 4.87. The number of hydrogen-bond donors (Lipinski definition) is 2. The molecule has 0 unspecified atom stereocenters. The first kappa shape index (κ1) is 17.8. The third kappa shape index (κ3) is 4.77. The Labute approximate surface area is 156 Å². The van der Waals surface area contributed by atoms with E-state index in [1.807, 2.05) is 60.7 Å². The number of para-hydroxylation sites is 1. The van der Waals surface area contributed by atoms with Crippen molar-refractivity contribution in [1.29, 1.82) is 0 Å². The van der Waals surface area contributed by atoms with Crippen molar-refractivity contribution < 1.29 is 9.59 Å². The lowest BCUT2D eigenvalue weighted by Crippen LogP contribution is -2.22. The molecule has 2 N–H and O–H groups in total. The molecule has 0 saturated heterocycles. The third-order valence-electron chi connectivity index (χ3n) is 3.71. The highest BCUT2D eigenvalue weighted by Gasteiger charge is 2.17. The number of nitrogens with zero attached hydrogens (tertiary/aromatic N) is 1. The molecule has 2 aromatic carbocycles. The topological polar surface area (TPSA) is 71.1 Å². The molecule has 132 valence electrons. The maximum atomic E-state index is 12.4. The Morgan fingerprint density at radius 1 is 1.00 bits per heavy atom. The fourth-order valence-corrected chi connectivity index (χ4v) is 3.44. The van der Waals surface area contributed by atoms with Crippen LogP contribution in [0.4, 0.5) is 5.69 Å². The maximum Gasteiger partial charge on any atom is 0.263 e. The van der Waals surface area contributed by atoms with Gasteiger partial charge in [0.05, 0.1) is 12.1 Å². The van der Waals surface area contributed by atoms with E-state index >= 15 is 0 Å². The average molecular weight is 365 g/mol. The van der Waals surface area contributed by atoms with Gasteiger partial charge in [-0.2, -0.15) is 0 Å². The van der Waals surface area contributed by atoms with Gasteiger partial charge in [0.15, 0.2) is 0 Å². The van der Waals surface area contributed by atoms with Crippen LogP contribution in [0.25, 0.3) is 0 Å². The van der Waals surface area contributed by atoms with Gasteiger partial charge in [0.2, 0.25) is 5.91 Å². The molecular weight excluding hydrogens is 346 g/mol. The molecule has 0 bridgehead atoms. The Hall–Kier alpha value is -2.99. The first-order valence-corrected chi connectivity index (χ1v) is 9.07. The number of carbonyl (C=O) groups excluding carboxylic acids is 2. The Morgan fingerprint density at radius 3 is 2.35 bits per heavy atom. The molecule has 5 nitrogen and oxygen atoms in total. The Morgan fingerprint density at radius 2 is 1.65 bits per heavy atom. The number of carbonyl (C=O) groups is 2. The van der Waals surface area contributed by atoms with Crippen LogP contribution in [0.3, 0.4) is 0 Å². The van der Waals surface area contributed by atoms with Crippen LogP contribution >= 0.6 is 11.3 Å². The zero-order valence-electron chi connectivity index (χ0n) is 14.4. The van der Waals surface area contributed by atoms with Gasteiger partial charge in [-0.05, 0) is 24.6 Å². The fourth-order valence-electron chi connectivity index (χ4n) is 2.46. The van der Waals surface area contributed by atoms with Crippen LogP contribution in [0, 0.1) is 6.92 Å². The first-order valence-electron chi connectivity index (χ1n) is 8.25. The highest BCUT2D eigenvalue weighted by atomic mass is 32.1. The number of aromatic nitrogens is 1. The number of hydrogen-bond acceptors (Lipinski definition) is 4. The second-order valence-electron chi connectivity index (χ2n) is 5.78. The van der Waals surface area contributed by atoms with E-state index in [1.165, 1.54) is 11.3 Å². The summed E-state index contributed by atoms with van der Waals surface area (Å²) in [5.74, 6) is -0.320. The minimum atomic E-state index is -0.168. The molecular formula is C20H19N3O2S. The van der Waals surface area contributed by atoms with E-state index in [1.54, 1.807) is 6.92 Å². The van der Waals surface area contributed by atoms with Crippen molar-refractivity contribution in [3.8, 4) is 0 Å². The number of rotatable bonds is 6. The highest BCUT2D eigenvalue weighted by molar-refractivity contribution is 7.13. The van der Waals surface area contributed by atoms with E-state index in [0.29, 0.717) is 22.1 Å².